The van der Waals surface area contributed by atoms with Crippen molar-refractivity contribution >= 4 is 5.97 Å². The molecule has 0 aliphatic rings. The molecule has 1 aromatic rings. The molecular formula is C14H21NO3. The van der Waals surface area contributed by atoms with E-state index < -0.39 is 18.1 Å². The maximum absolute atomic E-state index is 11.6. The number of rotatable bonds is 5. The van der Waals surface area contributed by atoms with E-state index in [1.165, 1.54) is 7.11 Å². The summed E-state index contributed by atoms with van der Waals surface area (Å²) >= 11 is 0. The lowest BCUT2D eigenvalue weighted by Gasteiger charge is -2.25. The van der Waals surface area contributed by atoms with Gasteiger partial charge in [0, 0.05) is 0 Å². The molecule has 0 heterocycles. The van der Waals surface area contributed by atoms with Crippen molar-refractivity contribution in [2.75, 3.05) is 7.11 Å². The molecule has 18 heavy (non-hydrogen) atoms. The molecule has 0 saturated carbocycles. The van der Waals surface area contributed by atoms with Crippen LogP contribution >= 0.6 is 0 Å². The Kier molecular flexibility index (Phi) is 5.31. The van der Waals surface area contributed by atoms with Crippen molar-refractivity contribution in [1.29, 1.82) is 0 Å². The number of esters is 1. The summed E-state index contributed by atoms with van der Waals surface area (Å²) in [6.45, 7) is 3.93. The number of benzene rings is 1. The molecule has 100 valence electrons. The second-order valence-corrected chi connectivity index (χ2v) is 4.48. The molecule has 0 radical (unpaired) electrons. The Labute approximate surface area is 108 Å². The van der Waals surface area contributed by atoms with Gasteiger partial charge in [0.25, 0.3) is 0 Å². The fourth-order valence-corrected chi connectivity index (χ4v) is 1.86. The molecule has 0 aliphatic heterocycles. The van der Waals surface area contributed by atoms with Crippen molar-refractivity contribution in [2.24, 2.45) is 11.7 Å². The third-order valence-electron chi connectivity index (χ3n) is 3.32. The van der Waals surface area contributed by atoms with Crippen LogP contribution in [0.3, 0.4) is 0 Å². The first-order chi connectivity index (χ1) is 8.52. The van der Waals surface area contributed by atoms with Crippen LogP contribution in [0.1, 0.15) is 42.2 Å². The van der Waals surface area contributed by atoms with Crippen LogP contribution in [0.2, 0.25) is 0 Å². The highest BCUT2D eigenvalue weighted by atomic mass is 16.5. The normalized spacial score (nSPS) is 15.8. The monoisotopic (exact) mass is 251 g/mol. The van der Waals surface area contributed by atoms with E-state index in [4.69, 9.17) is 10.5 Å². The van der Waals surface area contributed by atoms with E-state index in [0.29, 0.717) is 11.1 Å². The average Bonchev–Trinajstić information content (AvgIpc) is 2.43. The molecule has 0 saturated heterocycles. The third-order valence-corrected chi connectivity index (χ3v) is 3.32. The first-order valence-electron chi connectivity index (χ1n) is 6.13. The van der Waals surface area contributed by atoms with Gasteiger partial charge in [0.2, 0.25) is 0 Å². The summed E-state index contributed by atoms with van der Waals surface area (Å²) in [5, 5.41) is 10.1. The van der Waals surface area contributed by atoms with Crippen molar-refractivity contribution in [3.05, 3.63) is 35.4 Å². The van der Waals surface area contributed by atoms with Crippen molar-refractivity contribution in [2.45, 2.75) is 32.4 Å². The molecular weight excluding hydrogens is 230 g/mol. The second-order valence-electron chi connectivity index (χ2n) is 4.48. The van der Waals surface area contributed by atoms with Gasteiger partial charge in [-0.1, -0.05) is 38.5 Å². The van der Waals surface area contributed by atoms with Gasteiger partial charge in [-0.15, -0.1) is 0 Å². The fourth-order valence-electron chi connectivity index (χ4n) is 1.86. The molecule has 0 fully saturated rings. The number of carbonyl (C=O) groups excluding carboxylic acids is 1. The summed E-state index contributed by atoms with van der Waals surface area (Å²) in [5.41, 5.74) is 7.08. The lowest BCUT2D eigenvalue weighted by atomic mass is 9.89. The number of aliphatic hydroxyl groups is 1. The molecule has 1 aromatic carbocycles. The van der Waals surface area contributed by atoms with Crippen molar-refractivity contribution in [3.63, 3.8) is 0 Å². The van der Waals surface area contributed by atoms with E-state index >= 15 is 0 Å². The van der Waals surface area contributed by atoms with Crippen LogP contribution in [-0.4, -0.2) is 24.3 Å². The third kappa shape index (κ3) is 3.09. The summed E-state index contributed by atoms with van der Waals surface area (Å²) in [6.07, 6.45) is 0.149. The quantitative estimate of drug-likeness (QED) is 0.784. The lowest BCUT2D eigenvalue weighted by molar-refractivity contribution is 0.0592. The number of carbonyl (C=O) groups is 1. The van der Waals surface area contributed by atoms with E-state index in [1.807, 2.05) is 13.8 Å². The van der Waals surface area contributed by atoms with E-state index in [1.54, 1.807) is 24.3 Å². The summed E-state index contributed by atoms with van der Waals surface area (Å²) in [7, 11) is 1.33. The van der Waals surface area contributed by atoms with E-state index in [2.05, 4.69) is 0 Å². The molecule has 1 rings (SSSR count). The maximum atomic E-state index is 11.6. The van der Waals surface area contributed by atoms with Crippen LogP contribution in [0.15, 0.2) is 24.3 Å². The summed E-state index contributed by atoms with van der Waals surface area (Å²) in [6, 6.07) is 6.37. The van der Waals surface area contributed by atoms with Crippen molar-refractivity contribution in [3.8, 4) is 0 Å². The minimum absolute atomic E-state index is 0.0747. The highest BCUT2D eigenvalue weighted by Crippen LogP contribution is 2.24. The number of nitrogens with two attached hydrogens (primary N) is 1. The molecule has 1 unspecified atom stereocenters. The minimum atomic E-state index is -0.680. The highest BCUT2D eigenvalue weighted by molar-refractivity contribution is 5.91. The zero-order valence-corrected chi connectivity index (χ0v) is 11.1. The van der Waals surface area contributed by atoms with E-state index in [-0.39, 0.29) is 5.92 Å². The molecule has 4 heteroatoms. The first kappa shape index (κ1) is 14.7. The SMILES string of the molecule is CCC(C)[C@H](O)[C@H](N)c1ccccc1C(=O)OC. The van der Waals surface area contributed by atoms with Crippen LogP contribution in [0.4, 0.5) is 0 Å². The van der Waals surface area contributed by atoms with Crippen LogP contribution < -0.4 is 5.73 Å². The average molecular weight is 251 g/mol. The highest BCUT2D eigenvalue weighted by Gasteiger charge is 2.25. The number of methoxy groups -OCH3 is 1. The van der Waals surface area contributed by atoms with Gasteiger partial charge in [0.05, 0.1) is 24.8 Å². The number of hydrogen-bond donors (Lipinski definition) is 2. The molecule has 0 aromatic heterocycles. The minimum Gasteiger partial charge on any atom is -0.465 e. The van der Waals surface area contributed by atoms with Crippen LogP contribution in [-0.2, 0) is 4.74 Å². The Hall–Kier alpha value is -1.39. The molecule has 0 aliphatic carbocycles. The number of ether oxygens (including phenoxy) is 1. The van der Waals surface area contributed by atoms with Crippen molar-refractivity contribution in [1.82, 2.24) is 0 Å². The van der Waals surface area contributed by atoms with Gasteiger partial charge >= 0.3 is 5.97 Å². The van der Waals surface area contributed by atoms with Crippen LogP contribution in [0.5, 0.6) is 0 Å². The topological polar surface area (TPSA) is 72.5 Å². The Morgan fingerprint density at radius 1 is 1.44 bits per heavy atom. The number of aliphatic hydroxyl groups excluding tert-OH is 1. The largest absolute Gasteiger partial charge is 0.465 e. The Morgan fingerprint density at radius 2 is 2.06 bits per heavy atom. The Morgan fingerprint density at radius 3 is 2.61 bits per heavy atom. The van der Waals surface area contributed by atoms with E-state index in [0.717, 1.165) is 6.42 Å². The van der Waals surface area contributed by atoms with Crippen LogP contribution in [0.25, 0.3) is 0 Å². The van der Waals surface area contributed by atoms with Gasteiger partial charge < -0.3 is 15.6 Å². The van der Waals surface area contributed by atoms with Gasteiger partial charge in [-0.05, 0) is 17.5 Å². The van der Waals surface area contributed by atoms with Crippen molar-refractivity contribution < 1.29 is 14.6 Å². The van der Waals surface area contributed by atoms with Gasteiger partial charge in [-0.2, -0.15) is 0 Å². The van der Waals surface area contributed by atoms with Gasteiger partial charge in [-0.3, -0.25) is 0 Å². The standard InChI is InChI=1S/C14H21NO3/c1-4-9(2)13(16)12(15)10-7-5-6-8-11(10)14(17)18-3/h5-9,12-13,16H,4,15H2,1-3H3/t9?,12-,13+/m1/s1. The fraction of sp³-hybridized carbons (Fsp3) is 0.500. The molecule has 0 spiro atoms. The Bertz CT molecular complexity index is 406. The lowest BCUT2D eigenvalue weighted by Crippen LogP contribution is -2.32. The maximum Gasteiger partial charge on any atom is 0.338 e. The molecule has 0 amide bonds. The summed E-state index contributed by atoms with van der Waals surface area (Å²) in [5.74, 6) is -0.358. The summed E-state index contributed by atoms with van der Waals surface area (Å²) in [4.78, 5) is 11.6. The molecule has 0 bridgehead atoms. The van der Waals surface area contributed by atoms with Gasteiger partial charge in [0.15, 0.2) is 0 Å². The Balaban J connectivity index is 3.05. The number of hydrogen-bond acceptors (Lipinski definition) is 4. The van der Waals surface area contributed by atoms with Crippen LogP contribution in [0, 0.1) is 5.92 Å². The second kappa shape index (κ2) is 6.52. The zero-order chi connectivity index (χ0) is 13.7. The van der Waals surface area contributed by atoms with Gasteiger partial charge in [0.1, 0.15) is 0 Å². The zero-order valence-electron chi connectivity index (χ0n) is 11.1. The smallest absolute Gasteiger partial charge is 0.338 e. The van der Waals surface area contributed by atoms with E-state index in [9.17, 15) is 9.90 Å². The molecule has 3 N–H and O–H groups in total. The first-order valence-corrected chi connectivity index (χ1v) is 6.13. The predicted octanol–water partition coefficient (Wildman–Crippen LogP) is 1.88. The molecule has 4 nitrogen and oxygen atoms in total. The summed E-state index contributed by atoms with van der Waals surface area (Å²) < 4.78 is 4.72. The van der Waals surface area contributed by atoms with Gasteiger partial charge in [-0.25, -0.2) is 4.79 Å². The molecule has 3 atom stereocenters. The predicted molar refractivity (Wildman–Crippen MR) is 70.2 cm³/mol.